The zero-order valence-corrected chi connectivity index (χ0v) is 77.5. The molecule has 7 rings (SSSR count). The Hall–Kier alpha value is -16.5. The van der Waals surface area contributed by atoms with Crippen LogP contribution in [0.15, 0.2) is 81.6 Å². The van der Waals surface area contributed by atoms with Gasteiger partial charge in [-0.2, -0.15) is 8.78 Å². The number of alkyl halides is 2. The number of carboxylic acids is 5. The lowest BCUT2D eigenvalue weighted by molar-refractivity contribution is -0.386. The van der Waals surface area contributed by atoms with Gasteiger partial charge in [0.05, 0.1) is 37.3 Å². The molecule has 10 N–H and O–H groups in total. The highest BCUT2D eigenvalue weighted by Crippen LogP contribution is 2.40. The van der Waals surface area contributed by atoms with Crippen molar-refractivity contribution in [2.24, 2.45) is 0 Å². The largest absolute Gasteiger partial charge is 0.484 e. The number of alkyl carbamates (subject to hydrolysis) is 5. The van der Waals surface area contributed by atoms with Crippen molar-refractivity contribution >= 4 is 106 Å². The van der Waals surface area contributed by atoms with E-state index in [4.69, 9.17) is 84.6 Å². The summed E-state index contributed by atoms with van der Waals surface area (Å²) in [6, 6.07) is 6.63. The minimum absolute atomic E-state index is 0.0886. The molecule has 0 saturated heterocycles. The number of aryl methyl sites for hydroxylation is 5. The molecule has 0 unspecified atom stereocenters. The summed E-state index contributed by atoms with van der Waals surface area (Å²) < 4.78 is 90.2. The van der Waals surface area contributed by atoms with Crippen molar-refractivity contribution in [3.05, 3.63) is 168 Å². The molecule has 0 aliphatic carbocycles. The fourth-order valence-electron chi connectivity index (χ4n) is 9.88. The molecule has 746 valence electrons. The van der Waals surface area contributed by atoms with Crippen LogP contribution in [0.5, 0.6) is 34.5 Å². The van der Waals surface area contributed by atoms with Gasteiger partial charge in [-0.25, -0.2) is 52.8 Å². The maximum Gasteiger partial charge on any atom is 0.408 e. The highest BCUT2D eigenvalue weighted by molar-refractivity contribution is 6.33. The Morgan fingerprint density at radius 1 is 0.401 bits per heavy atom. The van der Waals surface area contributed by atoms with Crippen molar-refractivity contribution in [3.8, 4) is 57.4 Å². The number of hydrogen-bond donors (Lipinski definition) is 10. The van der Waals surface area contributed by atoms with E-state index in [2.05, 4.69) is 56.6 Å². The van der Waals surface area contributed by atoms with Gasteiger partial charge in [0.1, 0.15) is 71.8 Å². The van der Waals surface area contributed by atoms with E-state index in [1.165, 1.54) is 48.5 Å². The van der Waals surface area contributed by atoms with Gasteiger partial charge in [-0.05, 0) is 184 Å². The normalized spacial score (nSPS) is 12.1. The molecule has 137 heavy (non-hydrogen) atoms. The maximum atomic E-state index is 12.2. The number of carbonyl (C=O) groups is 10. The van der Waals surface area contributed by atoms with Crippen molar-refractivity contribution in [2.45, 2.75) is 203 Å². The third-order valence-electron chi connectivity index (χ3n) is 15.6. The van der Waals surface area contributed by atoms with Gasteiger partial charge in [0, 0.05) is 43.2 Å². The van der Waals surface area contributed by atoms with Crippen LogP contribution in [0.2, 0.25) is 5.02 Å². The molecule has 0 aliphatic rings. The highest BCUT2D eigenvalue weighted by atomic mass is 35.5. The molecule has 0 bridgehead atoms. The first-order chi connectivity index (χ1) is 63.1. The SMILES string of the molecule is CC(C)(C)OC(=O)N[C@@H](COc1ccc(OC(F)F)cc1[N+](=O)[O-])C(=O)O.CC(C)(C)OC(=O)N[C@@H](COc1cccc(Cl)c1[N+](=O)[O-])C(=O)O.Cc1nnc(-c2cc([N+](=O)[O-])c(OC[C@H](NC(=O)OC(C)(C)C)C(=O)O)cc2C)o1.Cc1nnc(-c2cc([N+](=O)[O-])c(OC[C@H](NC(=O)OC(C)(C)C)C(=O)O)cc2C)o1.[C-]#[N+]c1cc([N+](=O)[O-])c(OC[C@H](NC(=O)OC(C)(C)C)C(=O)O)cc1C. The standard InChI is InChI=1S/2C18H22N4O8.C16H19N3O7.C15H18F2N2O8.C14H17ClN2O7/c2*1-9-6-14(13(22(26)27)7-11(9)15-21-20-10(2)29-15)28-8-12(16(23)24)19-17(25)30-18(3,4)5;1-9-6-13(12(19(23)24)7-10(9)17-5)25-8-11(14(20)21)18-15(22)26-16(2,3)4;1-15(2,3)27-14(22)18-9(12(20)21)7-25-11-5-4-8(26-13(16)17)6-10(11)19(23)24;1-14(2,3)24-13(20)16-9(12(18)19)7-23-10-6-4-5-8(15)11(10)17(21)22/h2*6-7,12H,8H2,1-5H3,(H,19,25)(H,23,24);6-7,11H,8H2,1-4H3,(H,18,22)(H,20,21);4-6,9,13H,7H2,1-3H3,(H,18,22)(H,20,21);4-6,9H,7H2,1-3H3,(H,16,20)(H,18,19)/t2*12-;11-;2*9-/m00000/s1. The number of aromatic nitrogens is 4. The summed E-state index contributed by atoms with van der Waals surface area (Å²) >= 11 is 5.73. The number of carbonyl (C=O) groups excluding carboxylic acids is 5. The van der Waals surface area contributed by atoms with Crippen LogP contribution >= 0.6 is 11.6 Å². The van der Waals surface area contributed by atoms with Gasteiger partial charge in [-0.1, -0.05) is 17.7 Å². The first kappa shape index (κ1) is 115. The van der Waals surface area contributed by atoms with Crippen molar-refractivity contribution in [1.29, 1.82) is 0 Å². The van der Waals surface area contributed by atoms with Crippen LogP contribution < -0.4 is 55.0 Å². The number of nitro benzene ring substituents is 5. The minimum Gasteiger partial charge on any atom is -0.484 e. The number of rotatable bonds is 34. The molecule has 7 aromatic rings. The number of ether oxygens (including phenoxy) is 11. The average Bonchev–Trinajstić information content (AvgIpc) is 1.78. The molecule has 5 amide bonds. The van der Waals surface area contributed by atoms with Crippen molar-refractivity contribution in [2.75, 3.05) is 33.0 Å². The van der Waals surface area contributed by atoms with E-state index in [0.29, 0.717) is 45.7 Å². The lowest BCUT2D eigenvalue weighted by Crippen LogP contribution is -2.46. The first-order valence-corrected chi connectivity index (χ1v) is 39.7. The summed E-state index contributed by atoms with van der Waals surface area (Å²) in [6.45, 7) is 33.1. The van der Waals surface area contributed by atoms with E-state index in [-0.39, 0.29) is 51.2 Å². The second kappa shape index (κ2) is 50.4. The molecular weight excluding hydrogens is 1860 g/mol. The van der Waals surface area contributed by atoms with Gasteiger partial charge in [0.25, 0.3) is 0 Å². The Balaban J connectivity index is 0.000000442. The molecule has 56 heteroatoms. The summed E-state index contributed by atoms with van der Waals surface area (Å²) in [5.41, 5.74) is -4.38. The molecule has 0 saturated carbocycles. The second-order valence-electron chi connectivity index (χ2n) is 32.9. The van der Waals surface area contributed by atoms with Crippen molar-refractivity contribution < 1.29 is 168 Å². The second-order valence-corrected chi connectivity index (χ2v) is 33.3. The fraction of sp³-hybridized carbons (Fsp3) is 0.444. The van der Waals surface area contributed by atoms with Crippen LogP contribution in [0, 0.1) is 91.8 Å². The van der Waals surface area contributed by atoms with Gasteiger partial charge >= 0.3 is 95.4 Å². The van der Waals surface area contributed by atoms with Gasteiger partial charge in [0.15, 0.2) is 64.6 Å². The summed E-state index contributed by atoms with van der Waals surface area (Å²) in [6.07, 6.45) is -4.83. The Kier molecular flexibility index (Phi) is 42.2. The number of hydrogen-bond acceptors (Lipinski definition) is 37. The molecule has 0 radical (unpaired) electrons. The monoisotopic (exact) mass is 1960 g/mol. The predicted molar refractivity (Wildman–Crippen MR) is 465 cm³/mol. The zero-order valence-electron chi connectivity index (χ0n) is 76.7. The number of aliphatic carboxylic acids is 5. The molecule has 0 aliphatic heterocycles. The van der Waals surface area contributed by atoms with E-state index in [0.717, 1.165) is 18.2 Å². The molecule has 2 heterocycles. The Morgan fingerprint density at radius 3 is 0.934 bits per heavy atom. The van der Waals surface area contributed by atoms with Gasteiger partial charge < -0.3 is 113 Å². The van der Waals surface area contributed by atoms with E-state index in [1.54, 1.807) is 138 Å². The van der Waals surface area contributed by atoms with Crippen molar-refractivity contribution in [1.82, 2.24) is 47.0 Å². The molecule has 0 spiro atoms. The quantitative estimate of drug-likeness (QED) is 0.00775. The number of para-hydroxylation sites is 1. The first-order valence-electron chi connectivity index (χ1n) is 39.4. The highest BCUT2D eigenvalue weighted by Gasteiger charge is 2.35. The number of nitrogens with one attached hydrogen (secondary N) is 5. The smallest absolute Gasteiger partial charge is 0.408 e. The topological polar surface area (TPSA) is 731 Å². The molecule has 53 nitrogen and oxygen atoms in total. The number of benzene rings is 5. The molecule has 0 fully saturated rings. The lowest BCUT2D eigenvalue weighted by Gasteiger charge is -2.22. The maximum absolute atomic E-state index is 12.2. The van der Waals surface area contributed by atoms with Gasteiger partial charge in [-0.3, -0.25) is 50.6 Å². The summed E-state index contributed by atoms with van der Waals surface area (Å²) in [5, 5.41) is 128. The fourth-order valence-corrected chi connectivity index (χ4v) is 10.1. The van der Waals surface area contributed by atoms with E-state index < -0.39 is 217 Å². The van der Waals surface area contributed by atoms with Gasteiger partial charge in [0.2, 0.25) is 23.6 Å². The molecule has 5 atom stereocenters. The molecular formula is C81H98ClF2N15O38. The van der Waals surface area contributed by atoms with Crippen LogP contribution in [0.3, 0.4) is 0 Å². The van der Waals surface area contributed by atoms with Gasteiger partial charge in [-0.15, -0.1) is 20.4 Å². The zero-order chi connectivity index (χ0) is 105. The third-order valence-corrected chi connectivity index (χ3v) is 15.9. The van der Waals surface area contributed by atoms with E-state index >= 15 is 0 Å². The van der Waals surface area contributed by atoms with Crippen LogP contribution in [0.4, 0.5) is 66.9 Å². The van der Waals surface area contributed by atoms with Crippen molar-refractivity contribution in [3.63, 3.8) is 0 Å². The Morgan fingerprint density at radius 2 is 0.679 bits per heavy atom. The number of nitrogens with zero attached hydrogens (tertiary/aromatic N) is 10. The van der Waals surface area contributed by atoms with E-state index in [1.807, 2.05) is 0 Å². The lowest BCUT2D eigenvalue weighted by atomic mass is 10.1. The Bertz CT molecular complexity index is 5440. The van der Waals surface area contributed by atoms with Crippen LogP contribution in [-0.4, -0.2) is 229 Å². The third kappa shape index (κ3) is 41.1. The summed E-state index contributed by atoms with van der Waals surface area (Å²) in [5.74, 6) is -7.83. The summed E-state index contributed by atoms with van der Waals surface area (Å²) in [7, 11) is 0. The average molecular weight is 1960 g/mol. The number of halogens is 3. The molecule has 2 aromatic heterocycles. The van der Waals surface area contributed by atoms with E-state index in [9.17, 15) is 123 Å². The number of carboxylic acid groups (broad SMARTS) is 5. The number of nitro groups is 5. The Labute approximate surface area is 779 Å². The predicted octanol–water partition coefficient (Wildman–Crippen LogP) is 13.2. The number of amides is 5. The molecule has 5 aromatic carbocycles. The summed E-state index contributed by atoms with van der Waals surface area (Å²) in [4.78, 5) is 171. The minimum atomic E-state index is -3.18. The van der Waals surface area contributed by atoms with Crippen LogP contribution in [-0.2, 0) is 47.7 Å². The van der Waals surface area contributed by atoms with Crippen LogP contribution in [0.25, 0.3) is 27.8 Å². The van der Waals surface area contributed by atoms with Crippen LogP contribution in [0.1, 0.15) is 132 Å².